The molecule has 0 saturated heterocycles. The average molecular weight is 236 g/mol. The van der Waals surface area contributed by atoms with Crippen LogP contribution in [0, 0.1) is 0 Å². The number of hydrogen-bond acceptors (Lipinski definition) is 4. The van der Waals surface area contributed by atoms with Gasteiger partial charge in [0.15, 0.2) is 0 Å². The fourth-order valence-corrected chi connectivity index (χ4v) is 1.49. The molecule has 0 spiro atoms. The van der Waals surface area contributed by atoms with Gasteiger partial charge in [0.1, 0.15) is 6.10 Å². The molecule has 0 saturated carbocycles. The summed E-state index contributed by atoms with van der Waals surface area (Å²) in [4.78, 5) is 2.53. The van der Waals surface area contributed by atoms with Crippen LogP contribution in [0.1, 0.15) is 17.2 Å². The summed E-state index contributed by atoms with van der Waals surface area (Å²) in [6, 6.07) is 7.17. The van der Waals surface area contributed by atoms with Gasteiger partial charge in [0.2, 0.25) is 0 Å². The highest BCUT2D eigenvalue weighted by atomic mass is 16.3. The van der Waals surface area contributed by atoms with Crippen LogP contribution in [0.4, 0.5) is 0 Å². The van der Waals surface area contributed by atoms with Crippen LogP contribution >= 0.6 is 0 Å². The van der Waals surface area contributed by atoms with E-state index in [-0.39, 0.29) is 6.54 Å². The minimum atomic E-state index is -1.09. The fraction of sp³-hybridized carbons (Fsp3) is 0.455. The lowest BCUT2D eigenvalue weighted by Gasteiger charge is -2.16. The quantitative estimate of drug-likeness (QED) is 0.387. The maximum absolute atomic E-state index is 9.78. The number of benzene rings is 1. The summed E-state index contributed by atoms with van der Waals surface area (Å²) >= 11 is 0. The summed E-state index contributed by atoms with van der Waals surface area (Å²) in [6.45, 7) is 0.420. The van der Waals surface area contributed by atoms with Gasteiger partial charge in [-0.05, 0) is 29.6 Å². The van der Waals surface area contributed by atoms with E-state index >= 15 is 0 Å². The second-order valence-corrected chi connectivity index (χ2v) is 3.71. The molecule has 0 aliphatic carbocycles. The molecule has 0 fully saturated rings. The van der Waals surface area contributed by atoms with Crippen LogP contribution in [0.5, 0.6) is 0 Å². The van der Waals surface area contributed by atoms with E-state index in [0.29, 0.717) is 12.1 Å². The second kappa shape index (κ2) is 6.88. The predicted molar refractivity (Wildman–Crippen MR) is 64.2 cm³/mol. The molecule has 6 nitrogen and oxygen atoms in total. The lowest BCUT2D eigenvalue weighted by Crippen LogP contribution is -2.21. The van der Waals surface area contributed by atoms with Crippen molar-refractivity contribution in [1.82, 2.24) is 0 Å². The average Bonchev–Trinajstić information content (AvgIpc) is 2.36. The molecule has 1 rings (SSSR count). The van der Waals surface area contributed by atoms with Crippen molar-refractivity contribution in [2.45, 2.75) is 18.6 Å². The van der Waals surface area contributed by atoms with Crippen LogP contribution in [0.15, 0.2) is 29.4 Å². The smallest absolute Gasteiger partial charge is 0.105 e. The molecule has 92 valence electrons. The molecule has 6 heteroatoms. The van der Waals surface area contributed by atoms with E-state index in [1.165, 1.54) is 0 Å². The van der Waals surface area contributed by atoms with Crippen molar-refractivity contribution in [2.75, 3.05) is 13.1 Å². The highest BCUT2D eigenvalue weighted by Crippen LogP contribution is 2.18. The summed E-state index contributed by atoms with van der Waals surface area (Å²) < 4.78 is 0. The van der Waals surface area contributed by atoms with Gasteiger partial charge >= 0.3 is 0 Å². The van der Waals surface area contributed by atoms with Gasteiger partial charge in [-0.15, -0.1) is 0 Å². The number of nitrogens with two attached hydrogens (primary N) is 1. The number of aliphatic hydroxyl groups is 2. The van der Waals surface area contributed by atoms with E-state index in [2.05, 4.69) is 10.0 Å². The normalized spacial score (nSPS) is 13.8. The van der Waals surface area contributed by atoms with E-state index in [1.807, 2.05) is 12.1 Å². The first-order chi connectivity index (χ1) is 8.19. The van der Waals surface area contributed by atoms with Gasteiger partial charge in [0, 0.05) is 4.91 Å². The summed E-state index contributed by atoms with van der Waals surface area (Å²) in [6.07, 6.45) is -1.36. The Balaban J connectivity index is 2.68. The Labute approximate surface area is 99.3 Å². The van der Waals surface area contributed by atoms with Crippen molar-refractivity contribution in [1.29, 1.82) is 0 Å². The van der Waals surface area contributed by atoms with Crippen LogP contribution in [-0.2, 0) is 6.42 Å². The summed E-state index contributed by atoms with van der Waals surface area (Å²) in [5.41, 5.74) is 15.2. The van der Waals surface area contributed by atoms with Gasteiger partial charge in [-0.25, -0.2) is 0 Å². The van der Waals surface area contributed by atoms with Gasteiger partial charge in [-0.3, -0.25) is 0 Å². The monoisotopic (exact) mass is 236 g/mol. The van der Waals surface area contributed by atoms with Crippen LogP contribution in [0.3, 0.4) is 0 Å². The zero-order chi connectivity index (χ0) is 12.7. The molecular formula is C11H16N4O2. The largest absolute Gasteiger partial charge is 0.390 e. The van der Waals surface area contributed by atoms with E-state index in [1.54, 1.807) is 12.1 Å². The maximum Gasteiger partial charge on any atom is 0.105 e. The van der Waals surface area contributed by atoms with Crippen LogP contribution in [0.2, 0.25) is 0 Å². The zero-order valence-electron chi connectivity index (χ0n) is 9.40. The lowest BCUT2D eigenvalue weighted by molar-refractivity contribution is 0.0244. The Kier molecular flexibility index (Phi) is 5.45. The number of nitrogens with zero attached hydrogens (tertiary/aromatic N) is 3. The summed E-state index contributed by atoms with van der Waals surface area (Å²) in [5, 5.41) is 22.5. The van der Waals surface area contributed by atoms with Crippen molar-refractivity contribution < 1.29 is 10.2 Å². The molecule has 0 aliphatic rings. The third-order valence-corrected chi connectivity index (χ3v) is 2.45. The predicted octanol–water partition coefficient (Wildman–Crippen LogP) is 0.892. The molecule has 0 radical (unpaired) electrons. The van der Waals surface area contributed by atoms with Crippen molar-refractivity contribution in [3.8, 4) is 0 Å². The first kappa shape index (κ1) is 13.5. The van der Waals surface area contributed by atoms with Crippen LogP contribution in [-0.4, -0.2) is 29.4 Å². The van der Waals surface area contributed by atoms with Gasteiger partial charge in [0.05, 0.1) is 12.6 Å². The maximum atomic E-state index is 9.78. The van der Waals surface area contributed by atoms with E-state index < -0.39 is 12.2 Å². The van der Waals surface area contributed by atoms with Gasteiger partial charge in [0.25, 0.3) is 0 Å². The number of azide groups is 1. The lowest BCUT2D eigenvalue weighted by atomic mass is 10.0. The minimum absolute atomic E-state index is 0.151. The molecular weight excluding hydrogens is 220 g/mol. The van der Waals surface area contributed by atoms with E-state index in [4.69, 9.17) is 11.3 Å². The Hall–Kier alpha value is -1.59. The molecule has 4 N–H and O–H groups in total. The third kappa shape index (κ3) is 4.05. The van der Waals surface area contributed by atoms with E-state index in [9.17, 15) is 10.2 Å². The SMILES string of the molecule is [N-]=[N+]=NCC(O)C(O)c1ccc(CCN)cc1. The van der Waals surface area contributed by atoms with Crippen molar-refractivity contribution >= 4 is 0 Å². The standard InChI is InChI=1S/C11H16N4O2/c12-6-5-8-1-3-9(4-2-8)11(17)10(16)7-14-15-13/h1-4,10-11,16-17H,5-7,12H2. The van der Waals surface area contributed by atoms with Crippen molar-refractivity contribution in [3.63, 3.8) is 0 Å². The molecule has 0 bridgehead atoms. The molecule has 0 aromatic heterocycles. The number of aliphatic hydroxyl groups excluding tert-OH is 2. The second-order valence-electron chi connectivity index (χ2n) is 3.71. The molecule has 0 amide bonds. The first-order valence-electron chi connectivity index (χ1n) is 5.35. The summed E-state index contributed by atoms with van der Waals surface area (Å²) in [7, 11) is 0. The van der Waals surface area contributed by atoms with Crippen molar-refractivity contribution in [2.24, 2.45) is 10.8 Å². The summed E-state index contributed by atoms with van der Waals surface area (Å²) in [5.74, 6) is 0. The fourth-order valence-electron chi connectivity index (χ4n) is 1.49. The third-order valence-electron chi connectivity index (χ3n) is 2.45. The van der Waals surface area contributed by atoms with Gasteiger partial charge in [-0.2, -0.15) is 0 Å². The van der Waals surface area contributed by atoms with Crippen molar-refractivity contribution in [3.05, 3.63) is 45.8 Å². The molecule has 2 unspecified atom stereocenters. The Morgan fingerprint density at radius 2 is 1.94 bits per heavy atom. The highest BCUT2D eigenvalue weighted by Gasteiger charge is 2.17. The first-order valence-corrected chi connectivity index (χ1v) is 5.35. The molecule has 0 heterocycles. The number of hydrogen-bond donors (Lipinski definition) is 3. The van der Waals surface area contributed by atoms with Gasteiger partial charge < -0.3 is 15.9 Å². The molecule has 2 atom stereocenters. The number of rotatable bonds is 6. The van der Waals surface area contributed by atoms with Gasteiger partial charge in [-0.1, -0.05) is 29.4 Å². The van der Waals surface area contributed by atoms with Crippen LogP contribution < -0.4 is 5.73 Å². The highest BCUT2D eigenvalue weighted by molar-refractivity contribution is 5.25. The Bertz CT molecular complexity index is 387. The van der Waals surface area contributed by atoms with E-state index in [0.717, 1.165) is 12.0 Å². The topological polar surface area (TPSA) is 115 Å². The molecule has 1 aromatic rings. The molecule has 1 aromatic carbocycles. The zero-order valence-corrected chi connectivity index (χ0v) is 9.40. The van der Waals surface area contributed by atoms with Crippen LogP contribution in [0.25, 0.3) is 10.4 Å². The molecule has 0 aliphatic heterocycles. The Morgan fingerprint density at radius 1 is 1.29 bits per heavy atom. The molecule has 17 heavy (non-hydrogen) atoms. The minimum Gasteiger partial charge on any atom is -0.390 e. The Morgan fingerprint density at radius 3 is 2.47 bits per heavy atom.